The lowest BCUT2D eigenvalue weighted by Gasteiger charge is -2.17. The van der Waals surface area contributed by atoms with Crippen LogP contribution in [0, 0.1) is 0 Å². The molecule has 0 N–H and O–H groups in total. The molecular formula is C24H21Cl2N3O2S. The highest BCUT2D eigenvalue weighted by molar-refractivity contribution is 7.98. The lowest BCUT2D eigenvalue weighted by atomic mass is 10.2. The Balaban J connectivity index is 1.62. The number of ether oxygens (including phenoxy) is 2. The van der Waals surface area contributed by atoms with Gasteiger partial charge in [0, 0.05) is 17.5 Å². The number of nitrogens with zero attached hydrogens (tertiary/aromatic N) is 3. The first kappa shape index (κ1) is 22.5. The van der Waals surface area contributed by atoms with Crippen molar-refractivity contribution in [2.24, 2.45) is 0 Å². The Morgan fingerprint density at radius 2 is 1.69 bits per heavy atom. The van der Waals surface area contributed by atoms with Crippen molar-refractivity contribution in [1.82, 2.24) is 14.8 Å². The van der Waals surface area contributed by atoms with Crippen molar-refractivity contribution in [3.63, 3.8) is 0 Å². The average molecular weight is 486 g/mol. The number of thioether (sulfide) groups is 1. The molecule has 4 aromatic rings. The molecule has 0 aliphatic carbocycles. The van der Waals surface area contributed by atoms with E-state index in [1.54, 1.807) is 24.9 Å². The fourth-order valence-corrected chi connectivity index (χ4v) is 4.39. The van der Waals surface area contributed by atoms with Crippen LogP contribution in [0.25, 0.3) is 5.69 Å². The van der Waals surface area contributed by atoms with Crippen LogP contribution in [0.1, 0.15) is 24.4 Å². The van der Waals surface area contributed by atoms with Crippen molar-refractivity contribution in [3.8, 4) is 17.2 Å². The Morgan fingerprint density at radius 1 is 0.906 bits per heavy atom. The molecule has 1 atom stereocenters. The van der Waals surface area contributed by atoms with Crippen LogP contribution in [0.15, 0.2) is 78.0 Å². The van der Waals surface area contributed by atoms with Gasteiger partial charge in [0.05, 0.1) is 17.2 Å². The molecule has 1 aromatic heterocycles. The molecule has 164 valence electrons. The van der Waals surface area contributed by atoms with Crippen LogP contribution < -0.4 is 9.47 Å². The molecule has 0 amide bonds. The highest BCUT2D eigenvalue weighted by atomic mass is 35.5. The van der Waals surface area contributed by atoms with Crippen molar-refractivity contribution in [3.05, 3.63) is 94.2 Å². The predicted molar refractivity (Wildman–Crippen MR) is 129 cm³/mol. The van der Waals surface area contributed by atoms with Gasteiger partial charge in [0.25, 0.3) is 0 Å². The van der Waals surface area contributed by atoms with Crippen LogP contribution >= 0.6 is 35.0 Å². The number of methoxy groups -OCH3 is 1. The van der Waals surface area contributed by atoms with E-state index in [0.29, 0.717) is 27.4 Å². The Labute approximate surface area is 201 Å². The second-order valence-electron chi connectivity index (χ2n) is 6.99. The average Bonchev–Trinajstić information content (AvgIpc) is 3.25. The maximum Gasteiger partial charge on any atom is 0.196 e. The van der Waals surface area contributed by atoms with Gasteiger partial charge < -0.3 is 9.47 Å². The number of hydrogen-bond acceptors (Lipinski definition) is 5. The topological polar surface area (TPSA) is 49.2 Å². The zero-order valence-electron chi connectivity index (χ0n) is 17.5. The fourth-order valence-electron chi connectivity index (χ4n) is 3.17. The van der Waals surface area contributed by atoms with E-state index in [-0.39, 0.29) is 6.10 Å². The Hall–Kier alpha value is -2.67. The summed E-state index contributed by atoms with van der Waals surface area (Å²) in [6.07, 6.45) is -0.339. The highest BCUT2D eigenvalue weighted by Crippen LogP contribution is 2.31. The molecule has 32 heavy (non-hydrogen) atoms. The van der Waals surface area contributed by atoms with Crippen LogP contribution in [0.5, 0.6) is 11.5 Å². The Kier molecular flexibility index (Phi) is 7.25. The van der Waals surface area contributed by atoms with E-state index < -0.39 is 0 Å². The van der Waals surface area contributed by atoms with E-state index in [0.717, 1.165) is 22.2 Å². The molecule has 4 rings (SSSR count). The summed E-state index contributed by atoms with van der Waals surface area (Å²) in [6.45, 7) is 1.95. The standard InChI is InChI=1S/C24H21Cl2N3O2S/c1-16(31-20-10-6-9-19(14-20)30-2)23-27-28-24(29(23)18-7-4-3-5-8-18)32-15-17-11-12-21(25)22(26)13-17/h3-14,16H,15H2,1-2H3. The maximum atomic E-state index is 6.17. The van der Waals surface area contributed by atoms with Crippen LogP contribution in [0.4, 0.5) is 0 Å². The Bertz CT molecular complexity index is 1200. The van der Waals surface area contributed by atoms with Crippen molar-refractivity contribution >= 4 is 35.0 Å². The maximum absolute atomic E-state index is 6.17. The molecule has 3 aromatic carbocycles. The molecule has 0 spiro atoms. The third-order valence-corrected chi connectivity index (χ3v) is 6.48. The monoisotopic (exact) mass is 485 g/mol. The van der Waals surface area contributed by atoms with Gasteiger partial charge >= 0.3 is 0 Å². The lowest BCUT2D eigenvalue weighted by molar-refractivity contribution is 0.212. The molecule has 0 fully saturated rings. The normalized spacial score (nSPS) is 11.9. The van der Waals surface area contributed by atoms with Gasteiger partial charge in [-0.25, -0.2) is 0 Å². The van der Waals surface area contributed by atoms with Gasteiger partial charge in [-0.15, -0.1) is 10.2 Å². The largest absolute Gasteiger partial charge is 0.497 e. The summed E-state index contributed by atoms with van der Waals surface area (Å²) in [6, 6.07) is 23.1. The minimum Gasteiger partial charge on any atom is -0.497 e. The van der Waals surface area contributed by atoms with E-state index in [1.807, 2.05) is 78.2 Å². The van der Waals surface area contributed by atoms with Gasteiger partial charge in [0.1, 0.15) is 11.5 Å². The molecular weight excluding hydrogens is 465 g/mol. The number of benzene rings is 3. The summed E-state index contributed by atoms with van der Waals surface area (Å²) >= 11 is 13.8. The van der Waals surface area contributed by atoms with Gasteiger partial charge in [-0.3, -0.25) is 4.57 Å². The minimum atomic E-state index is -0.339. The predicted octanol–water partition coefficient (Wildman–Crippen LogP) is 7.02. The molecule has 5 nitrogen and oxygen atoms in total. The second-order valence-corrected chi connectivity index (χ2v) is 8.74. The van der Waals surface area contributed by atoms with Crippen molar-refractivity contribution in [2.45, 2.75) is 23.9 Å². The fraction of sp³-hybridized carbons (Fsp3) is 0.167. The Morgan fingerprint density at radius 3 is 2.44 bits per heavy atom. The molecule has 0 radical (unpaired) electrons. The number of para-hydroxylation sites is 1. The van der Waals surface area contributed by atoms with Crippen LogP contribution in [-0.4, -0.2) is 21.9 Å². The third-order valence-electron chi connectivity index (χ3n) is 4.74. The van der Waals surface area contributed by atoms with Crippen molar-refractivity contribution in [1.29, 1.82) is 0 Å². The molecule has 1 heterocycles. The van der Waals surface area contributed by atoms with Gasteiger partial charge in [-0.1, -0.05) is 65.3 Å². The minimum absolute atomic E-state index is 0.339. The van der Waals surface area contributed by atoms with Crippen LogP contribution in [0.2, 0.25) is 10.0 Å². The summed E-state index contributed by atoms with van der Waals surface area (Å²) in [5, 5.41) is 10.8. The SMILES string of the molecule is COc1cccc(OC(C)c2nnc(SCc3ccc(Cl)c(Cl)c3)n2-c2ccccc2)c1. The second kappa shape index (κ2) is 10.3. The van der Waals surface area contributed by atoms with E-state index in [9.17, 15) is 0 Å². The van der Waals surface area contributed by atoms with E-state index in [2.05, 4.69) is 10.2 Å². The molecule has 0 aliphatic heterocycles. The highest BCUT2D eigenvalue weighted by Gasteiger charge is 2.21. The molecule has 0 saturated carbocycles. The lowest BCUT2D eigenvalue weighted by Crippen LogP contribution is -2.11. The van der Waals surface area contributed by atoms with Crippen molar-refractivity contribution in [2.75, 3.05) is 7.11 Å². The first-order chi connectivity index (χ1) is 15.5. The smallest absolute Gasteiger partial charge is 0.196 e. The third kappa shape index (κ3) is 5.21. The first-order valence-corrected chi connectivity index (χ1v) is 11.7. The molecule has 0 bridgehead atoms. The summed E-state index contributed by atoms with van der Waals surface area (Å²) in [4.78, 5) is 0. The molecule has 1 unspecified atom stereocenters. The van der Waals surface area contributed by atoms with Gasteiger partial charge in [0.15, 0.2) is 17.1 Å². The molecule has 0 aliphatic rings. The zero-order chi connectivity index (χ0) is 22.5. The summed E-state index contributed by atoms with van der Waals surface area (Å²) in [5.41, 5.74) is 2.01. The molecule has 0 saturated heterocycles. The van der Waals surface area contributed by atoms with Crippen molar-refractivity contribution < 1.29 is 9.47 Å². The first-order valence-electron chi connectivity index (χ1n) is 9.93. The number of halogens is 2. The number of rotatable bonds is 8. The van der Waals surface area contributed by atoms with Gasteiger partial charge in [-0.05, 0) is 48.9 Å². The van der Waals surface area contributed by atoms with E-state index in [1.165, 1.54) is 0 Å². The van der Waals surface area contributed by atoms with Gasteiger partial charge in [-0.2, -0.15) is 0 Å². The zero-order valence-corrected chi connectivity index (χ0v) is 19.9. The summed E-state index contributed by atoms with van der Waals surface area (Å²) in [7, 11) is 1.63. The molecule has 8 heteroatoms. The van der Waals surface area contributed by atoms with Gasteiger partial charge in [0.2, 0.25) is 0 Å². The van der Waals surface area contributed by atoms with Crippen LogP contribution in [-0.2, 0) is 5.75 Å². The summed E-state index contributed by atoms with van der Waals surface area (Å²) in [5.74, 6) is 2.81. The summed E-state index contributed by atoms with van der Waals surface area (Å²) < 4.78 is 13.5. The number of aromatic nitrogens is 3. The number of hydrogen-bond donors (Lipinski definition) is 0. The van der Waals surface area contributed by atoms with Crippen LogP contribution in [0.3, 0.4) is 0 Å². The quantitative estimate of drug-likeness (QED) is 0.251. The van der Waals surface area contributed by atoms with E-state index >= 15 is 0 Å². The van der Waals surface area contributed by atoms with E-state index in [4.69, 9.17) is 32.7 Å².